The SMILES string of the molecule is CC(C)(C)N=C(N)C1CCCOC1. The average Bonchev–Trinajstić information content (AvgIpc) is 2.03. The van der Waals surface area contributed by atoms with Crippen molar-refractivity contribution in [3.05, 3.63) is 0 Å². The number of hydrogen-bond donors (Lipinski definition) is 1. The fraction of sp³-hybridized carbons (Fsp3) is 0.900. The van der Waals surface area contributed by atoms with E-state index in [1.54, 1.807) is 0 Å². The zero-order chi connectivity index (χ0) is 9.90. The second-order valence-electron chi connectivity index (χ2n) is 4.62. The van der Waals surface area contributed by atoms with Crippen LogP contribution in [0.2, 0.25) is 0 Å². The first-order valence-corrected chi connectivity index (χ1v) is 4.92. The van der Waals surface area contributed by atoms with Crippen LogP contribution in [0.3, 0.4) is 0 Å². The summed E-state index contributed by atoms with van der Waals surface area (Å²) in [6, 6.07) is 0. The van der Waals surface area contributed by atoms with Crippen molar-refractivity contribution in [1.29, 1.82) is 0 Å². The minimum absolute atomic E-state index is 0.0679. The van der Waals surface area contributed by atoms with Gasteiger partial charge in [0.25, 0.3) is 0 Å². The van der Waals surface area contributed by atoms with Gasteiger partial charge in [0.1, 0.15) is 0 Å². The van der Waals surface area contributed by atoms with Crippen molar-refractivity contribution in [3.63, 3.8) is 0 Å². The van der Waals surface area contributed by atoms with Crippen LogP contribution in [0.5, 0.6) is 0 Å². The van der Waals surface area contributed by atoms with Crippen molar-refractivity contribution in [3.8, 4) is 0 Å². The number of amidine groups is 1. The van der Waals surface area contributed by atoms with Crippen molar-refractivity contribution in [1.82, 2.24) is 0 Å². The highest BCUT2D eigenvalue weighted by Gasteiger charge is 2.19. The Labute approximate surface area is 80.4 Å². The zero-order valence-electron chi connectivity index (χ0n) is 8.84. The van der Waals surface area contributed by atoms with Crippen molar-refractivity contribution in [2.75, 3.05) is 13.2 Å². The van der Waals surface area contributed by atoms with Crippen molar-refractivity contribution < 1.29 is 4.74 Å². The van der Waals surface area contributed by atoms with Gasteiger partial charge in [-0.05, 0) is 33.6 Å². The van der Waals surface area contributed by atoms with Crippen LogP contribution < -0.4 is 5.73 Å². The highest BCUT2D eigenvalue weighted by molar-refractivity contribution is 5.83. The Morgan fingerprint density at radius 3 is 2.62 bits per heavy atom. The summed E-state index contributed by atoms with van der Waals surface area (Å²) in [5, 5.41) is 0. The maximum absolute atomic E-state index is 5.90. The van der Waals surface area contributed by atoms with E-state index in [0.29, 0.717) is 5.92 Å². The summed E-state index contributed by atoms with van der Waals surface area (Å²) >= 11 is 0. The van der Waals surface area contributed by atoms with E-state index in [2.05, 4.69) is 25.8 Å². The maximum Gasteiger partial charge on any atom is 0.0998 e. The molecule has 13 heavy (non-hydrogen) atoms. The van der Waals surface area contributed by atoms with Gasteiger partial charge in [-0.15, -0.1) is 0 Å². The minimum Gasteiger partial charge on any atom is -0.387 e. The van der Waals surface area contributed by atoms with Crippen molar-refractivity contribution in [2.24, 2.45) is 16.6 Å². The highest BCUT2D eigenvalue weighted by atomic mass is 16.5. The third-order valence-corrected chi connectivity index (χ3v) is 2.04. The van der Waals surface area contributed by atoms with Gasteiger partial charge >= 0.3 is 0 Å². The van der Waals surface area contributed by atoms with E-state index in [-0.39, 0.29) is 5.54 Å². The zero-order valence-corrected chi connectivity index (χ0v) is 8.84. The molecule has 76 valence electrons. The number of aliphatic imine (C=N–C) groups is 1. The summed E-state index contributed by atoms with van der Waals surface area (Å²) < 4.78 is 5.36. The monoisotopic (exact) mass is 184 g/mol. The molecule has 3 nitrogen and oxygen atoms in total. The molecule has 0 radical (unpaired) electrons. The first-order valence-electron chi connectivity index (χ1n) is 4.92. The molecule has 0 amide bonds. The standard InChI is InChI=1S/C10H20N2O/c1-10(2,3)12-9(11)8-5-4-6-13-7-8/h8H,4-7H2,1-3H3,(H2,11,12). The molecule has 1 unspecified atom stereocenters. The van der Waals surface area contributed by atoms with Gasteiger partial charge in [0.15, 0.2) is 0 Å². The lowest BCUT2D eigenvalue weighted by molar-refractivity contribution is 0.0763. The largest absolute Gasteiger partial charge is 0.387 e. The molecular formula is C10H20N2O. The molecule has 0 spiro atoms. The predicted molar refractivity (Wildman–Crippen MR) is 54.9 cm³/mol. The van der Waals surface area contributed by atoms with Gasteiger partial charge in [-0.1, -0.05) is 0 Å². The topological polar surface area (TPSA) is 47.6 Å². The Morgan fingerprint density at radius 1 is 1.46 bits per heavy atom. The summed E-state index contributed by atoms with van der Waals surface area (Å²) in [4.78, 5) is 4.45. The number of nitrogens with zero attached hydrogens (tertiary/aromatic N) is 1. The molecule has 0 aromatic carbocycles. The van der Waals surface area contributed by atoms with Crippen molar-refractivity contribution in [2.45, 2.75) is 39.2 Å². The van der Waals surface area contributed by atoms with E-state index < -0.39 is 0 Å². The van der Waals surface area contributed by atoms with Crippen LogP contribution in [-0.2, 0) is 4.74 Å². The molecule has 0 aliphatic carbocycles. The van der Waals surface area contributed by atoms with E-state index in [1.165, 1.54) is 0 Å². The molecule has 0 bridgehead atoms. The third-order valence-electron chi connectivity index (χ3n) is 2.04. The van der Waals surface area contributed by atoms with Crippen LogP contribution in [0.1, 0.15) is 33.6 Å². The molecule has 1 fully saturated rings. The van der Waals surface area contributed by atoms with Gasteiger partial charge in [0.2, 0.25) is 0 Å². The van der Waals surface area contributed by atoms with Crippen LogP contribution >= 0.6 is 0 Å². The second-order valence-corrected chi connectivity index (χ2v) is 4.62. The highest BCUT2D eigenvalue weighted by Crippen LogP contribution is 2.16. The van der Waals surface area contributed by atoms with Gasteiger partial charge in [-0.3, -0.25) is 4.99 Å². The fourth-order valence-electron chi connectivity index (χ4n) is 1.45. The molecule has 1 saturated heterocycles. The molecule has 0 aromatic rings. The number of nitrogens with two attached hydrogens (primary N) is 1. The molecule has 1 aliphatic heterocycles. The molecule has 1 atom stereocenters. The summed E-state index contributed by atoms with van der Waals surface area (Å²) in [6.45, 7) is 7.79. The predicted octanol–water partition coefficient (Wildman–Crippen LogP) is 1.57. The summed E-state index contributed by atoms with van der Waals surface area (Å²) in [6.07, 6.45) is 2.22. The second kappa shape index (κ2) is 4.09. The number of hydrogen-bond acceptors (Lipinski definition) is 2. The van der Waals surface area contributed by atoms with Gasteiger partial charge in [-0.2, -0.15) is 0 Å². The first kappa shape index (κ1) is 10.5. The van der Waals surface area contributed by atoms with E-state index in [4.69, 9.17) is 10.5 Å². The van der Waals surface area contributed by atoms with E-state index >= 15 is 0 Å². The third kappa shape index (κ3) is 3.77. The molecule has 0 aromatic heterocycles. The molecule has 3 heteroatoms. The molecule has 2 N–H and O–H groups in total. The molecule has 1 rings (SSSR count). The average molecular weight is 184 g/mol. The van der Waals surface area contributed by atoms with E-state index in [0.717, 1.165) is 31.9 Å². The Bertz CT molecular complexity index is 188. The molecule has 1 aliphatic rings. The lowest BCUT2D eigenvalue weighted by Gasteiger charge is -2.23. The smallest absolute Gasteiger partial charge is 0.0998 e. The van der Waals surface area contributed by atoms with E-state index in [9.17, 15) is 0 Å². The fourth-order valence-corrected chi connectivity index (χ4v) is 1.45. The van der Waals surface area contributed by atoms with Gasteiger partial charge in [0, 0.05) is 12.5 Å². The van der Waals surface area contributed by atoms with Crippen LogP contribution in [-0.4, -0.2) is 24.6 Å². The van der Waals surface area contributed by atoms with Gasteiger partial charge in [0.05, 0.1) is 18.0 Å². The first-order chi connectivity index (χ1) is 5.99. The quantitative estimate of drug-likeness (QED) is 0.496. The van der Waals surface area contributed by atoms with Crippen LogP contribution in [0, 0.1) is 5.92 Å². The molecule has 0 saturated carbocycles. The van der Waals surface area contributed by atoms with Crippen molar-refractivity contribution >= 4 is 5.84 Å². The van der Waals surface area contributed by atoms with Gasteiger partial charge in [-0.25, -0.2) is 0 Å². The number of rotatable bonds is 1. The van der Waals surface area contributed by atoms with Crippen LogP contribution in [0.15, 0.2) is 4.99 Å². The Balaban J connectivity index is 2.54. The van der Waals surface area contributed by atoms with Crippen LogP contribution in [0.25, 0.3) is 0 Å². The lowest BCUT2D eigenvalue weighted by atomic mass is 10.0. The molecule has 1 heterocycles. The summed E-state index contributed by atoms with van der Waals surface area (Å²) in [5.41, 5.74) is 5.84. The normalized spacial score (nSPS) is 26.1. The summed E-state index contributed by atoms with van der Waals surface area (Å²) in [5.74, 6) is 1.10. The Morgan fingerprint density at radius 2 is 2.15 bits per heavy atom. The molecular weight excluding hydrogens is 164 g/mol. The Hall–Kier alpha value is -0.570. The van der Waals surface area contributed by atoms with Crippen LogP contribution in [0.4, 0.5) is 0 Å². The lowest BCUT2D eigenvalue weighted by Crippen LogP contribution is -2.33. The minimum atomic E-state index is -0.0679. The van der Waals surface area contributed by atoms with Gasteiger partial charge < -0.3 is 10.5 Å². The van der Waals surface area contributed by atoms with E-state index in [1.807, 2.05) is 0 Å². The Kier molecular flexibility index (Phi) is 3.31. The maximum atomic E-state index is 5.90. The summed E-state index contributed by atoms with van der Waals surface area (Å²) in [7, 11) is 0. The number of ether oxygens (including phenoxy) is 1.